The van der Waals surface area contributed by atoms with Crippen molar-refractivity contribution in [1.29, 1.82) is 0 Å². The minimum absolute atomic E-state index is 0.0679. The molecule has 0 unspecified atom stereocenters. The van der Waals surface area contributed by atoms with Crippen molar-refractivity contribution in [3.63, 3.8) is 0 Å². The van der Waals surface area contributed by atoms with Crippen LogP contribution in [0.5, 0.6) is 5.75 Å². The van der Waals surface area contributed by atoms with E-state index in [4.69, 9.17) is 0 Å². The van der Waals surface area contributed by atoms with E-state index in [9.17, 15) is 14.3 Å². The van der Waals surface area contributed by atoms with Gasteiger partial charge in [-0.05, 0) is 36.4 Å². The molecule has 0 atom stereocenters. The van der Waals surface area contributed by atoms with E-state index >= 15 is 0 Å². The second-order valence-electron chi connectivity index (χ2n) is 6.30. The van der Waals surface area contributed by atoms with Crippen molar-refractivity contribution in [1.82, 2.24) is 9.88 Å². The van der Waals surface area contributed by atoms with Crippen molar-refractivity contribution >= 4 is 22.5 Å². The molecule has 2 heterocycles. The van der Waals surface area contributed by atoms with Gasteiger partial charge in [0.2, 0.25) is 0 Å². The maximum atomic E-state index is 13.1. The first kappa shape index (κ1) is 16.3. The van der Waals surface area contributed by atoms with Crippen LogP contribution in [0.15, 0.2) is 54.6 Å². The molecule has 26 heavy (non-hydrogen) atoms. The fourth-order valence-corrected chi connectivity index (χ4v) is 3.23. The van der Waals surface area contributed by atoms with Gasteiger partial charge in [0.15, 0.2) is 0 Å². The van der Waals surface area contributed by atoms with Crippen LogP contribution in [-0.2, 0) is 0 Å². The molecule has 0 spiro atoms. The number of aromatic nitrogens is 1. The lowest BCUT2D eigenvalue weighted by molar-refractivity contribution is 0.0741. The maximum Gasteiger partial charge on any atom is 0.272 e. The molecule has 1 aliphatic heterocycles. The Morgan fingerprint density at radius 1 is 0.962 bits per heavy atom. The van der Waals surface area contributed by atoms with Crippen molar-refractivity contribution in [2.24, 2.45) is 0 Å². The number of phenolic OH excluding ortho intramolecular Hbond substituents is 1. The lowest BCUT2D eigenvalue weighted by Crippen LogP contribution is -2.49. The minimum Gasteiger partial charge on any atom is -0.506 e. The molecular formula is C20H18FN3O2. The third-order valence-corrected chi connectivity index (χ3v) is 4.68. The summed E-state index contributed by atoms with van der Waals surface area (Å²) in [4.78, 5) is 21.0. The molecule has 0 saturated carbocycles. The molecule has 0 aliphatic carbocycles. The van der Waals surface area contributed by atoms with Crippen LogP contribution >= 0.6 is 0 Å². The SMILES string of the molecule is O=C(c1ccc2cccc(O)c2n1)N1CCN(c2ccc(F)cc2)CC1. The molecule has 0 bridgehead atoms. The number of carbonyl (C=O) groups excluding carboxylic acids is 1. The van der Waals surface area contributed by atoms with E-state index < -0.39 is 0 Å². The van der Waals surface area contributed by atoms with Gasteiger partial charge in [0, 0.05) is 37.3 Å². The number of anilines is 1. The van der Waals surface area contributed by atoms with Crippen molar-refractivity contribution < 1.29 is 14.3 Å². The molecule has 1 aliphatic rings. The first-order valence-corrected chi connectivity index (χ1v) is 8.50. The van der Waals surface area contributed by atoms with Crippen LogP contribution in [0.2, 0.25) is 0 Å². The molecule has 1 N–H and O–H groups in total. The summed E-state index contributed by atoms with van der Waals surface area (Å²) in [5.74, 6) is -0.333. The van der Waals surface area contributed by atoms with E-state index in [1.54, 1.807) is 41.3 Å². The summed E-state index contributed by atoms with van der Waals surface area (Å²) in [6.45, 7) is 2.49. The quantitative estimate of drug-likeness (QED) is 0.771. The average molecular weight is 351 g/mol. The lowest BCUT2D eigenvalue weighted by Gasteiger charge is -2.36. The number of benzene rings is 2. The number of phenols is 1. The van der Waals surface area contributed by atoms with Crippen LogP contribution in [0.4, 0.5) is 10.1 Å². The van der Waals surface area contributed by atoms with Crippen LogP contribution in [0.3, 0.4) is 0 Å². The van der Waals surface area contributed by atoms with Crippen LogP contribution in [0.1, 0.15) is 10.5 Å². The number of halogens is 1. The number of para-hydroxylation sites is 1. The normalized spacial score (nSPS) is 14.7. The minimum atomic E-state index is -0.256. The Morgan fingerprint density at radius 3 is 2.42 bits per heavy atom. The van der Waals surface area contributed by atoms with Crippen molar-refractivity contribution in [2.75, 3.05) is 31.1 Å². The van der Waals surface area contributed by atoms with Gasteiger partial charge in [-0.1, -0.05) is 18.2 Å². The smallest absolute Gasteiger partial charge is 0.272 e. The number of piperazine rings is 1. The number of amides is 1. The molecule has 6 heteroatoms. The molecule has 4 rings (SSSR count). The lowest BCUT2D eigenvalue weighted by atomic mass is 10.1. The van der Waals surface area contributed by atoms with Crippen LogP contribution in [-0.4, -0.2) is 47.1 Å². The van der Waals surface area contributed by atoms with E-state index in [1.165, 1.54) is 12.1 Å². The largest absolute Gasteiger partial charge is 0.506 e. The molecule has 1 fully saturated rings. The van der Waals surface area contributed by atoms with Gasteiger partial charge in [0.1, 0.15) is 22.8 Å². The van der Waals surface area contributed by atoms with E-state index in [-0.39, 0.29) is 17.5 Å². The highest BCUT2D eigenvalue weighted by Gasteiger charge is 2.23. The maximum absolute atomic E-state index is 13.1. The zero-order valence-corrected chi connectivity index (χ0v) is 14.1. The van der Waals surface area contributed by atoms with Gasteiger partial charge in [0.25, 0.3) is 5.91 Å². The standard InChI is InChI=1S/C20H18FN3O2/c21-15-5-7-16(8-6-15)23-10-12-24(13-11-23)20(26)17-9-4-14-2-1-3-18(25)19(14)22-17/h1-9,25H,10-13H2. The van der Waals surface area contributed by atoms with Crippen molar-refractivity contribution in [3.8, 4) is 5.75 Å². The molecular weight excluding hydrogens is 333 g/mol. The van der Waals surface area contributed by atoms with Gasteiger partial charge in [-0.15, -0.1) is 0 Å². The van der Waals surface area contributed by atoms with Gasteiger partial charge in [-0.25, -0.2) is 9.37 Å². The predicted molar refractivity (Wildman–Crippen MR) is 97.9 cm³/mol. The zero-order valence-electron chi connectivity index (χ0n) is 14.1. The summed E-state index contributed by atoms with van der Waals surface area (Å²) in [7, 11) is 0. The number of hydrogen-bond donors (Lipinski definition) is 1. The van der Waals surface area contributed by atoms with Gasteiger partial charge in [-0.3, -0.25) is 4.79 Å². The van der Waals surface area contributed by atoms with E-state index in [0.29, 0.717) is 37.4 Å². The molecule has 1 saturated heterocycles. The Kier molecular flexibility index (Phi) is 4.16. The third kappa shape index (κ3) is 3.06. The van der Waals surface area contributed by atoms with Gasteiger partial charge in [-0.2, -0.15) is 0 Å². The Hall–Kier alpha value is -3.15. The van der Waals surface area contributed by atoms with Crippen molar-refractivity contribution in [2.45, 2.75) is 0 Å². The van der Waals surface area contributed by atoms with E-state index in [1.807, 2.05) is 6.07 Å². The number of fused-ring (bicyclic) bond motifs is 1. The van der Waals surface area contributed by atoms with Gasteiger partial charge < -0.3 is 14.9 Å². The Bertz CT molecular complexity index is 951. The first-order chi connectivity index (χ1) is 12.6. The summed E-state index contributed by atoms with van der Waals surface area (Å²) in [6.07, 6.45) is 0. The van der Waals surface area contributed by atoms with Gasteiger partial charge in [0.05, 0.1) is 0 Å². The van der Waals surface area contributed by atoms with E-state index in [2.05, 4.69) is 9.88 Å². The highest BCUT2D eigenvalue weighted by Crippen LogP contribution is 2.23. The second kappa shape index (κ2) is 6.63. The summed E-state index contributed by atoms with van der Waals surface area (Å²) in [5, 5.41) is 10.7. The average Bonchev–Trinajstić information content (AvgIpc) is 2.68. The number of aromatic hydroxyl groups is 1. The molecule has 5 nitrogen and oxygen atoms in total. The summed E-state index contributed by atoms with van der Waals surface area (Å²) in [5.41, 5.74) is 1.71. The Labute approximate surface area is 150 Å². The molecule has 1 amide bonds. The highest BCUT2D eigenvalue weighted by molar-refractivity contribution is 5.96. The second-order valence-corrected chi connectivity index (χ2v) is 6.30. The number of nitrogens with zero attached hydrogens (tertiary/aromatic N) is 3. The molecule has 0 radical (unpaired) electrons. The monoisotopic (exact) mass is 351 g/mol. The Morgan fingerprint density at radius 2 is 1.69 bits per heavy atom. The van der Waals surface area contributed by atoms with Crippen molar-refractivity contribution in [3.05, 3.63) is 66.1 Å². The fraction of sp³-hybridized carbons (Fsp3) is 0.200. The number of rotatable bonds is 2. The molecule has 2 aromatic carbocycles. The number of pyridine rings is 1. The molecule has 3 aromatic rings. The first-order valence-electron chi connectivity index (χ1n) is 8.50. The van der Waals surface area contributed by atoms with Crippen LogP contribution < -0.4 is 4.90 Å². The number of carbonyl (C=O) groups is 1. The number of hydrogen-bond acceptors (Lipinski definition) is 4. The third-order valence-electron chi connectivity index (χ3n) is 4.68. The fourth-order valence-electron chi connectivity index (χ4n) is 3.23. The summed E-state index contributed by atoms with van der Waals surface area (Å²) >= 11 is 0. The molecule has 132 valence electrons. The topological polar surface area (TPSA) is 56.7 Å². The zero-order chi connectivity index (χ0) is 18.1. The van der Waals surface area contributed by atoms with Crippen LogP contribution in [0.25, 0.3) is 10.9 Å². The summed E-state index contributed by atoms with van der Waals surface area (Å²) in [6, 6.07) is 15.0. The predicted octanol–water partition coefficient (Wildman–Crippen LogP) is 3.04. The highest BCUT2D eigenvalue weighted by atomic mass is 19.1. The van der Waals surface area contributed by atoms with E-state index in [0.717, 1.165) is 11.1 Å². The summed E-state index contributed by atoms with van der Waals surface area (Å²) < 4.78 is 13.1. The Balaban J connectivity index is 1.48. The molecule has 1 aromatic heterocycles. The van der Waals surface area contributed by atoms with Gasteiger partial charge >= 0.3 is 0 Å². The van der Waals surface area contributed by atoms with Crippen LogP contribution in [0, 0.1) is 5.82 Å².